The van der Waals surface area contributed by atoms with Gasteiger partial charge in [-0.05, 0) is 18.2 Å². The first-order valence-electron chi connectivity index (χ1n) is 5.41. The van der Waals surface area contributed by atoms with Crippen molar-refractivity contribution < 1.29 is 23.5 Å². The monoisotopic (exact) mass is 263 g/mol. The minimum Gasteiger partial charge on any atom is -0.479 e. The van der Waals surface area contributed by atoms with Gasteiger partial charge in [0.1, 0.15) is 5.82 Å². The Bertz CT molecular complexity index is 594. The van der Waals surface area contributed by atoms with Gasteiger partial charge in [-0.2, -0.15) is 0 Å². The van der Waals surface area contributed by atoms with Crippen molar-refractivity contribution in [2.24, 2.45) is 0 Å². The Morgan fingerprint density at radius 2 is 1.95 bits per heavy atom. The van der Waals surface area contributed by atoms with E-state index in [1.807, 2.05) is 0 Å². The number of hydrogen-bond acceptors (Lipinski definition) is 3. The summed E-state index contributed by atoms with van der Waals surface area (Å²) in [7, 11) is 0. The summed E-state index contributed by atoms with van der Waals surface area (Å²) in [6, 6.07) is 6.77. The molecule has 0 radical (unpaired) electrons. The number of aliphatic carboxylic acids is 1. The molecule has 0 bridgehead atoms. The van der Waals surface area contributed by atoms with Crippen LogP contribution in [0.25, 0.3) is 0 Å². The highest BCUT2D eigenvalue weighted by atomic mass is 19.1. The van der Waals surface area contributed by atoms with E-state index >= 15 is 0 Å². The molecule has 19 heavy (non-hydrogen) atoms. The maximum absolute atomic E-state index is 13.6. The summed E-state index contributed by atoms with van der Waals surface area (Å²) in [5.41, 5.74) is -0.116. The quantitative estimate of drug-likeness (QED) is 0.883. The SMILES string of the molecule is O=C(NC(C(=O)O)c1ccccc1F)c1ccco1. The molecule has 0 spiro atoms. The van der Waals surface area contributed by atoms with Crippen molar-refractivity contribution in [2.75, 3.05) is 0 Å². The Kier molecular flexibility index (Phi) is 3.61. The van der Waals surface area contributed by atoms with Crippen LogP contribution in [0.2, 0.25) is 0 Å². The van der Waals surface area contributed by atoms with E-state index in [1.54, 1.807) is 0 Å². The van der Waals surface area contributed by atoms with Crippen LogP contribution >= 0.6 is 0 Å². The molecule has 1 heterocycles. The highest BCUT2D eigenvalue weighted by Crippen LogP contribution is 2.17. The van der Waals surface area contributed by atoms with Gasteiger partial charge >= 0.3 is 5.97 Å². The molecule has 1 aromatic heterocycles. The van der Waals surface area contributed by atoms with Gasteiger partial charge in [-0.3, -0.25) is 4.79 Å². The molecule has 2 rings (SSSR count). The Balaban J connectivity index is 2.25. The maximum Gasteiger partial charge on any atom is 0.331 e. The number of amides is 1. The van der Waals surface area contributed by atoms with E-state index in [0.29, 0.717) is 0 Å². The molecule has 0 saturated carbocycles. The summed E-state index contributed by atoms with van der Waals surface area (Å²) in [5, 5.41) is 11.3. The van der Waals surface area contributed by atoms with Gasteiger partial charge in [0, 0.05) is 5.56 Å². The van der Waals surface area contributed by atoms with Gasteiger partial charge in [0.05, 0.1) is 6.26 Å². The molecule has 0 aliphatic rings. The maximum atomic E-state index is 13.6. The number of benzene rings is 1. The van der Waals surface area contributed by atoms with Crippen molar-refractivity contribution in [1.29, 1.82) is 0 Å². The molecule has 1 aromatic carbocycles. The molecular formula is C13H10FNO4. The Hall–Kier alpha value is -2.63. The van der Waals surface area contributed by atoms with E-state index in [9.17, 15) is 14.0 Å². The van der Waals surface area contributed by atoms with Crippen LogP contribution in [0.15, 0.2) is 47.1 Å². The second kappa shape index (κ2) is 5.34. The minimum absolute atomic E-state index is 0.0393. The van der Waals surface area contributed by atoms with Gasteiger partial charge in [0.25, 0.3) is 5.91 Å². The third kappa shape index (κ3) is 2.79. The third-order valence-electron chi connectivity index (χ3n) is 2.48. The predicted octanol–water partition coefficient (Wildman–Crippen LogP) is 1.97. The fourth-order valence-corrected chi connectivity index (χ4v) is 1.59. The number of rotatable bonds is 4. The van der Waals surface area contributed by atoms with Crippen LogP contribution < -0.4 is 5.32 Å². The number of carboxylic acid groups (broad SMARTS) is 1. The van der Waals surface area contributed by atoms with E-state index < -0.39 is 23.7 Å². The number of nitrogens with one attached hydrogen (secondary N) is 1. The summed E-state index contributed by atoms with van der Waals surface area (Å²) >= 11 is 0. The normalized spacial score (nSPS) is 11.8. The van der Waals surface area contributed by atoms with E-state index in [-0.39, 0.29) is 11.3 Å². The molecule has 1 atom stereocenters. The zero-order valence-electron chi connectivity index (χ0n) is 9.67. The number of carbonyl (C=O) groups is 2. The van der Waals surface area contributed by atoms with Crippen LogP contribution in [-0.2, 0) is 4.79 Å². The first-order chi connectivity index (χ1) is 9.09. The second-order valence-corrected chi connectivity index (χ2v) is 3.74. The average molecular weight is 263 g/mol. The summed E-state index contributed by atoms with van der Waals surface area (Å²) < 4.78 is 18.4. The highest BCUT2D eigenvalue weighted by Gasteiger charge is 2.26. The molecule has 98 valence electrons. The molecule has 0 aliphatic heterocycles. The molecule has 0 aliphatic carbocycles. The van der Waals surface area contributed by atoms with Gasteiger partial charge in [-0.25, -0.2) is 9.18 Å². The largest absolute Gasteiger partial charge is 0.479 e. The molecule has 6 heteroatoms. The van der Waals surface area contributed by atoms with Crippen LogP contribution in [0.4, 0.5) is 4.39 Å². The zero-order chi connectivity index (χ0) is 13.8. The highest BCUT2D eigenvalue weighted by molar-refractivity contribution is 5.94. The zero-order valence-corrected chi connectivity index (χ0v) is 9.67. The van der Waals surface area contributed by atoms with Gasteiger partial charge in [-0.15, -0.1) is 0 Å². The van der Waals surface area contributed by atoms with Crippen molar-refractivity contribution in [1.82, 2.24) is 5.32 Å². The summed E-state index contributed by atoms with van der Waals surface area (Å²) in [4.78, 5) is 22.9. The predicted molar refractivity (Wildman–Crippen MR) is 63.0 cm³/mol. The van der Waals surface area contributed by atoms with Crippen LogP contribution in [0.3, 0.4) is 0 Å². The smallest absolute Gasteiger partial charge is 0.331 e. The fraction of sp³-hybridized carbons (Fsp3) is 0.0769. The lowest BCUT2D eigenvalue weighted by atomic mass is 10.1. The summed E-state index contributed by atoms with van der Waals surface area (Å²) in [5.74, 6) is -2.82. The molecule has 5 nitrogen and oxygen atoms in total. The minimum atomic E-state index is -1.47. The average Bonchev–Trinajstić information content (AvgIpc) is 2.90. The molecule has 0 saturated heterocycles. The van der Waals surface area contributed by atoms with E-state index in [4.69, 9.17) is 9.52 Å². The van der Waals surface area contributed by atoms with Crippen molar-refractivity contribution >= 4 is 11.9 Å². The van der Waals surface area contributed by atoms with Crippen LogP contribution in [0.1, 0.15) is 22.2 Å². The van der Waals surface area contributed by atoms with Crippen LogP contribution in [0.5, 0.6) is 0 Å². The van der Waals surface area contributed by atoms with E-state index in [0.717, 1.165) is 6.07 Å². The molecule has 2 aromatic rings. The second-order valence-electron chi connectivity index (χ2n) is 3.74. The van der Waals surface area contributed by atoms with Gasteiger partial charge in [-0.1, -0.05) is 18.2 Å². The lowest BCUT2D eigenvalue weighted by molar-refractivity contribution is -0.139. The van der Waals surface area contributed by atoms with Crippen molar-refractivity contribution in [3.8, 4) is 0 Å². The number of furan rings is 1. The van der Waals surface area contributed by atoms with E-state index in [1.165, 1.54) is 36.6 Å². The van der Waals surface area contributed by atoms with Crippen molar-refractivity contribution in [3.63, 3.8) is 0 Å². The van der Waals surface area contributed by atoms with E-state index in [2.05, 4.69) is 5.32 Å². The first-order valence-corrected chi connectivity index (χ1v) is 5.41. The summed E-state index contributed by atoms with van der Waals surface area (Å²) in [6.45, 7) is 0. The van der Waals surface area contributed by atoms with Crippen LogP contribution in [-0.4, -0.2) is 17.0 Å². The molecule has 0 fully saturated rings. The Morgan fingerprint density at radius 1 is 1.21 bits per heavy atom. The lowest BCUT2D eigenvalue weighted by Crippen LogP contribution is -2.34. The van der Waals surface area contributed by atoms with Gasteiger partial charge in [0.2, 0.25) is 0 Å². The van der Waals surface area contributed by atoms with Crippen molar-refractivity contribution in [2.45, 2.75) is 6.04 Å². The third-order valence-corrected chi connectivity index (χ3v) is 2.48. The molecule has 1 unspecified atom stereocenters. The molecular weight excluding hydrogens is 253 g/mol. The van der Waals surface area contributed by atoms with Crippen molar-refractivity contribution in [3.05, 3.63) is 59.8 Å². The van der Waals surface area contributed by atoms with Crippen LogP contribution in [0, 0.1) is 5.82 Å². The summed E-state index contributed by atoms with van der Waals surface area (Å²) in [6.07, 6.45) is 1.29. The Labute approximate surface area is 107 Å². The number of hydrogen-bond donors (Lipinski definition) is 2. The standard InChI is InChI=1S/C13H10FNO4/c14-9-5-2-1-4-8(9)11(13(17)18)15-12(16)10-6-3-7-19-10/h1-7,11H,(H,15,16)(H,17,18). The first kappa shape index (κ1) is 12.8. The number of carboxylic acids is 1. The molecule has 1 amide bonds. The Morgan fingerprint density at radius 3 is 2.53 bits per heavy atom. The fourth-order valence-electron chi connectivity index (χ4n) is 1.59. The molecule has 2 N–H and O–H groups in total. The number of carbonyl (C=O) groups excluding carboxylic acids is 1. The van der Waals surface area contributed by atoms with Gasteiger partial charge in [0.15, 0.2) is 11.8 Å². The topological polar surface area (TPSA) is 79.5 Å². The lowest BCUT2D eigenvalue weighted by Gasteiger charge is -2.14. The number of halogens is 1. The van der Waals surface area contributed by atoms with Gasteiger partial charge < -0.3 is 14.8 Å².